The fourth-order valence-corrected chi connectivity index (χ4v) is 2.96. The quantitative estimate of drug-likeness (QED) is 0.497. The van der Waals surface area contributed by atoms with Gasteiger partial charge in [0.2, 0.25) is 5.95 Å². The monoisotopic (exact) mass is 383 g/mol. The number of carbonyl (C=O) groups is 1. The summed E-state index contributed by atoms with van der Waals surface area (Å²) in [5.41, 5.74) is 7.42. The van der Waals surface area contributed by atoms with Crippen LogP contribution in [0.1, 0.15) is 19.4 Å². The zero-order valence-corrected chi connectivity index (χ0v) is 16.1. The van der Waals surface area contributed by atoms with Gasteiger partial charge in [0.25, 0.3) is 0 Å². The highest BCUT2D eigenvalue weighted by atomic mass is 16.5. The van der Waals surface area contributed by atoms with Gasteiger partial charge in [-0.2, -0.15) is 4.98 Å². The van der Waals surface area contributed by atoms with Crippen molar-refractivity contribution in [1.29, 1.82) is 0 Å². The normalized spacial score (nSPS) is 17.2. The number of nitrogens with zero attached hydrogens (tertiary/aromatic N) is 4. The number of rotatable bonds is 6. The van der Waals surface area contributed by atoms with Crippen LogP contribution in [0.3, 0.4) is 0 Å². The highest BCUT2D eigenvalue weighted by Gasteiger charge is 2.26. The molecule has 9 nitrogen and oxygen atoms in total. The number of nitrogen functional groups attached to an aromatic ring is 1. The van der Waals surface area contributed by atoms with Gasteiger partial charge in [-0.25, -0.2) is 14.8 Å². The van der Waals surface area contributed by atoms with E-state index in [9.17, 15) is 4.79 Å². The smallest absolute Gasteiger partial charge is 0.331 e. The summed E-state index contributed by atoms with van der Waals surface area (Å²) in [4.78, 5) is 27.0. The van der Waals surface area contributed by atoms with E-state index in [-0.39, 0.29) is 12.0 Å². The van der Waals surface area contributed by atoms with E-state index in [1.807, 2.05) is 23.1 Å². The molecule has 0 radical (unpaired) electrons. The van der Waals surface area contributed by atoms with E-state index >= 15 is 0 Å². The van der Waals surface area contributed by atoms with Gasteiger partial charge in [-0.1, -0.05) is 6.07 Å². The Morgan fingerprint density at radius 3 is 2.89 bits per heavy atom. The summed E-state index contributed by atoms with van der Waals surface area (Å²) in [5.74, 6) is 1.02. The first-order valence-electron chi connectivity index (χ1n) is 9.22. The molecule has 0 amide bonds. The molecule has 0 bridgehead atoms. The van der Waals surface area contributed by atoms with E-state index in [1.54, 1.807) is 26.2 Å². The molecule has 28 heavy (non-hydrogen) atoms. The van der Waals surface area contributed by atoms with Gasteiger partial charge in [0.05, 0.1) is 6.61 Å². The Kier molecular flexibility index (Phi) is 6.51. The summed E-state index contributed by atoms with van der Waals surface area (Å²) in [6.07, 6.45) is 4.67. The van der Waals surface area contributed by atoms with Crippen molar-refractivity contribution in [1.82, 2.24) is 25.6 Å². The first-order chi connectivity index (χ1) is 13.6. The number of piperazine rings is 1. The van der Waals surface area contributed by atoms with Crippen LogP contribution in [0.4, 0.5) is 17.6 Å². The predicted molar refractivity (Wildman–Crippen MR) is 108 cm³/mol. The minimum Gasteiger partial charge on any atom is -0.463 e. The van der Waals surface area contributed by atoms with Gasteiger partial charge in [0.15, 0.2) is 0 Å². The molecule has 2 aromatic heterocycles. The lowest BCUT2D eigenvalue weighted by atomic mass is 10.1. The topological polar surface area (TPSA) is 118 Å². The van der Waals surface area contributed by atoms with E-state index < -0.39 is 5.97 Å². The van der Waals surface area contributed by atoms with Crippen molar-refractivity contribution in [2.75, 3.05) is 36.9 Å². The number of nitrogens with one attached hydrogen (secondary N) is 2. The zero-order chi connectivity index (χ0) is 19.9. The lowest BCUT2D eigenvalue weighted by Gasteiger charge is -2.34. The van der Waals surface area contributed by atoms with Crippen molar-refractivity contribution < 1.29 is 9.53 Å². The third kappa shape index (κ3) is 4.62. The van der Waals surface area contributed by atoms with E-state index in [1.165, 1.54) is 6.08 Å². The predicted octanol–water partition coefficient (Wildman–Crippen LogP) is 1.08. The molecule has 3 rings (SSSR count). The van der Waals surface area contributed by atoms with Crippen molar-refractivity contribution in [2.45, 2.75) is 20.0 Å². The molecule has 1 atom stereocenters. The van der Waals surface area contributed by atoms with Crippen LogP contribution in [0.15, 0.2) is 36.7 Å². The maximum atomic E-state index is 11.7. The van der Waals surface area contributed by atoms with Crippen LogP contribution in [0.5, 0.6) is 0 Å². The molecule has 1 fully saturated rings. The molecule has 4 N–H and O–H groups in total. The molecular weight excluding hydrogens is 358 g/mol. The van der Waals surface area contributed by atoms with E-state index in [0.717, 1.165) is 18.9 Å². The summed E-state index contributed by atoms with van der Waals surface area (Å²) < 4.78 is 4.94. The minimum atomic E-state index is -0.420. The van der Waals surface area contributed by atoms with Gasteiger partial charge in [0.1, 0.15) is 17.8 Å². The molecule has 9 heteroatoms. The maximum Gasteiger partial charge on any atom is 0.331 e. The SMILES string of the molecule is CCOC(=O)C=C(C)c1cnc(N(c2ccccn2)C2CNCCN2)nc1N. The summed E-state index contributed by atoms with van der Waals surface area (Å²) in [5, 5.41) is 6.80. The Hall–Kier alpha value is -3.04. The molecule has 0 saturated carbocycles. The lowest BCUT2D eigenvalue weighted by molar-refractivity contribution is -0.137. The molecule has 2 aromatic rings. The van der Waals surface area contributed by atoms with Gasteiger partial charge in [-0.05, 0) is 31.6 Å². The average molecular weight is 383 g/mol. The Morgan fingerprint density at radius 2 is 2.25 bits per heavy atom. The number of carbonyl (C=O) groups excluding carboxylic acids is 1. The van der Waals surface area contributed by atoms with Crippen LogP contribution < -0.4 is 21.3 Å². The molecule has 1 aliphatic heterocycles. The Labute approximate surface area is 164 Å². The molecule has 3 heterocycles. The summed E-state index contributed by atoms with van der Waals surface area (Å²) in [7, 11) is 0. The molecule has 1 aliphatic rings. The lowest BCUT2D eigenvalue weighted by Crippen LogP contribution is -2.56. The highest BCUT2D eigenvalue weighted by molar-refractivity contribution is 5.92. The highest BCUT2D eigenvalue weighted by Crippen LogP contribution is 2.26. The van der Waals surface area contributed by atoms with Crippen LogP contribution >= 0.6 is 0 Å². The second-order valence-electron chi connectivity index (χ2n) is 6.28. The van der Waals surface area contributed by atoms with Gasteiger partial charge < -0.3 is 15.8 Å². The van der Waals surface area contributed by atoms with Crippen molar-refractivity contribution in [2.24, 2.45) is 0 Å². The summed E-state index contributed by atoms with van der Waals surface area (Å²) in [6.45, 7) is 6.27. The largest absolute Gasteiger partial charge is 0.463 e. The third-order valence-electron chi connectivity index (χ3n) is 4.29. The maximum absolute atomic E-state index is 11.7. The standard InChI is InChI=1S/C19H25N7O2/c1-3-28-17(27)10-13(2)14-11-24-19(25-18(14)20)26(15-6-4-5-7-22-15)16-12-21-8-9-23-16/h4-7,10-11,16,21,23H,3,8-9,12H2,1-2H3,(H2,20,24,25). The van der Waals surface area contributed by atoms with E-state index in [0.29, 0.717) is 30.2 Å². The van der Waals surface area contributed by atoms with Crippen LogP contribution in [0.2, 0.25) is 0 Å². The van der Waals surface area contributed by atoms with Gasteiger partial charge in [-0.3, -0.25) is 10.2 Å². The van der Waals surface area contributed by atoms with Crippen molar-refractivity contribution in [3.63, 3.8) is 0 Å². The summed E-state index contributed by atoms with van der Waals surface area (Å²) >= 11 is 0. The molecule has 0 spiro atoms. The number of esters is 1. The van der Waals surface area contributed by atoms with Crippen LogP contribution in [0, 0.1) is 0 Å². The fraction of sp³-hybridized carbons (Fsp3) is 0.368. The molecule has 0 aliphatic carbocycles. The number of anilines is 3. The molecule has 0 aromatic carbocycles. The number of hydrogen-bond donors (Lipinski definition) is 3. The molecule has 148 valence electrons. The second kappa shape index (κ2) is 9.25. The van der Waals surface area contributed by atoms with E-state index in [4.69, 9.17) is 10.5 Å². The first kappa shape index (κ1) is 19.7. The second-order valence-corrected chi connectivity index (χ2v) is 6.28. The van der Waals surface area contributed by atoms with Crippen LogP contribution in [0.25, 0.3) is 5.57 Å². The molecular formula is C19H25N7O2. The molecule has 1 unspecified atom stereocenters. The number of allylic oxidation sites excluding steroid dienone is 1. The van der Waals surface area contributed by atoms with Crippen molar-refractivity contribution in [3.05, 3.63) is 42.2 Å². The average Bonchev–Trinajstić information content (AvgIpc) is 2.70. The van der Waals surface area contributed by atoms with E-state index in [2.05, 4.69) is 25.6 Å². The summed E-state index contributed by atoms with van der Waals surface area (Å²) in [6, 6.07) is 5.67. The Morgan fingerprint density at radius 1 is 1.39 bits per heavy atom. The van der Waals surface area contributed by atoms with Crippen LogP contribution in [-0.4, -0.2) is 53.3 Å². The number of pyridine rings is 1. The van der Waals surface area contributed by atoms with Crippen LogP contribution in [-0.2, 0) is 9.53 Å². The van der Waals surface area contributed by atoms with Gasteiger partial charge in [-0.15, -0.1) is 0 Å². The fourth-order valence-electron chi connectivity index (χ4n) is 2.96. The molecule has 1 saturated heterocycles. The Bertz CT molecular complexity index is 835. The van der Waals surface area contributed by atoms with Crippen molar-refractivity contribution >= 4 is 29.1 Å². The first-order valence-corrected chi connectivity index (χ1v) is 9.22. The number of hydrogen-bond acceptors (Lipinski definition) is 9. The van der Waals surface area contributed by atoms with Gasteiger partial charge in [0, 0.05) is 43.7 Å². The number of aromatic nitrogens is 3. The number of nitrogens with two attached hydrogens (primary N) is 1. The Balaban J connectivity index is 1.93. The minimum absolute atomic E-state index is 0.0647. The van der Waals surface area contributed by atoms with Gasteiger partial charge >= 0.3 is 5.97 Å². The number of ether oxygens (including phenoxy) is 1. The third-order valence-corrected chi connectivity index (χ3v) is 4.29. The van der Waals surface area contributed by atoms with Crippen molar-refractivity contribution in [3.8, 4) is 0 Å². The zero-order valence-electron chi connectivity index (χ0n) is 16.1.